The predicted molar refractivity (Wildman–Crippen MR) is 80.9 cm³/mol. The van der Waals surface area contributed by atoms with Gasteiger partial charge in [0.15, 0.2) is 5.82 Å². The van der Waals surface area contributed by atoms with Crippen molar-refractivity contribution in [2.24, 2.45) is 5.73 Å². The second-order valence-electron chi connectivity index (χ2n) is 4.17. The van der Waals surface area contributed by atoms with Crippen LogP contribution in [0.4, 0.5) is 0 Å². The van der Waals surface area contributed by atoms with E-state index in [2.05, 4.69) is 14.9 Å². The maximum Gasteiger partial charge on any atom is 0.323 e. The molecule has 0 bridgehead atoms. The van der Waals surface area contributed by atoms with Crippen LogP contribution in [0, 0.1) is 0 Å². The summed E-state index contributed by atoms with van der Waals surface area (Å²) in [7, 11) is 1.31. The molecule has 2 aromatic rings. The molecular formula is C13H14ClN3O3S. The van der Waals surface area contributed by atoms with E-state index in [9.17, 15) is 4.79 Å². The molecule has 0 fully saturated rings. The van der Waals surface area contributed by atoms with Crippen molar-refractivity contribution in [2.75, 3.05) is 12.9 Å². The summed E-state index contributed by atoms with van der Waals surface area (Å²) >= 11 is 7.26. The maximum atomic E-state index is 11.1. The molecule has 0 radical (unpaired) electrons. The van der Waals surface area contributed by atoms with Gasteiger partial charge in [-0.1, -0.05) is 16.8 Å². The standard InChI is InChI=1S/C13H14ClN3O3S/c1-19-13(18)10(15)6-21-7-11-16-12(20-17-11)8-2-4-9(14)5-3-8/h2-5,10H,6-7,15H2,1H3. The summed E-state index contributed by atoms with van der Waals surface area (Å²) in [5, 5.41) is 4.52. The van der Waals surface area contributed by atoms with Crippen LogP contribution < -0.4 is 5.73 Å². The van der Waals surface area contributed by atoms with Gasteiger partial charge >= 0.3 is 5.97 Å². The first-order chi connectivity index (χ1) is 10.1. The van der Waals surface area contributed by atoms with E-state index < -0.39 is 12.0 Å². The van der Waals surface area contributed by atoms with Crippen molar-refractivity contribution in [3.8, 4) is 11.5 Å². The Balaban J connectivity index is 1.89. The third kappa shape index (κ3) is 4.45. The number of aromatic nitrogens is 2. The zero-order valence-electron chi connectivity index (χ0n) is 11.3. The fourth-order valence-corrected chi connectivity index (χ4v) is 2.45. The summed E-state index contributed by atoms with van der Waals surface area (Å²) in [6.07, 6.45) is 0. The number of benzene rings is 1. The number of methoxy groups -OCH3 is 1. The molecule has 6 nitrogen and oxygen atoms in total. The van der Waals surface area contributed by atoms with Gasteiger partial charge in [0.05, 0.1) is 12.9 Å². The van der Waals surface area contributed by atoms with Gasteiger partial charge in [0.2, 0.25) is 0 Å². The smallest absolute Gasteiger partial charge is 0.323 e. The minimum Gasteiger partial charge on any atom is -0.468 e. The third-order valence-corrected chi connectivity index (χ3v) is 3.90. The Morgan fingerprint density at radius 3 is 2.86 bits per heavy atom. The number of thioether (sulfide) groups is 1. The molecule has 1 heterocycles. The molecule has 1 aromatic heterocycles. The Labute approximate surface area is 131 Å². The van der Waals surface area contributed by atoms with Gasteiger partial charge in [0.1, 0.15) is 6.04 Å². The highest BCUT2D eigenvalue weighted by Crippen LogP contribution is 2.21. The lowest BCUT2D eigenvalue weighted by Gasteiger charge is -2.06. The van der Waals surface area contributed by atoms with Crippen LogP contribution in [0.5, 0.6) is 0 Å². The summed E-state index contributed by atoms with van der Waals surface area (Å²) in [6.45, 7) is 0. The van der Waals surface area contributed by atoms with Gasteiger partial charge in [0.25, 0.3) is 5.89 Å². The van der Waals surface area contributed by atoms with Gasteiger partial charge in [-0.15, -0.1) is 0 Å². The molecule has 0 saturated carbocycles. The van der Waals surface area contributed by atoms with Crippen molar-refractivity contribution in [1.82, 2.24) is 10.1 Å². The second-order valence-corrected chi connectivity index (χ2v) is 5.63. The molecule has 0 aliphatic carbocycles. The number of esters is 1. The molecule has 0 saturated heterocycles. The minimum absolute atomic E-state index is 0.428. The van der Waals surface area contributed by atoms with Crippen LogP contribution in [0.2, 0.25) is 5.02 Å². The van der Waals surface area contributed by atoms with Crippen molar-refractivity contribution in [2.45, 2.75) is 11.8 Å². The fraction of sp³-hybridized carbons (Fsp3) is 0.308. The van der Waals surface area contributed by atoms with Crippen molar-refractivity contribution >= 4 is 29.3 Å². The number of halogens is 1. The van der Waals surface area contributed by atoms with E-state index in [1.807, 2.05) is 0 Å². The first-order valence-corrected chi connectivity index (χ1v) is 7.63. The monoisotopic (exact) mass is 327 g/mol. The molecule has 21 heavy (non-hydrogen) atoms. The molecule has 0 spiro atoms. The lowest BCUT2D eigenvalue weighted by Crippen LogP contribution is -2.33. The average Bonchev–Trinajstić information content (AvgIpc) is 2.95. The highest BCUT2D eigenvalue weighted by molar-refractivity contribution is 7.98. The number of rotatable bonds is 6. The number of carbonyl (C=O) groups excluding carboxylic acids is 1. The number of hydrogen-bond donors (Lipinski definition) is 1. The van der Waals surface area contributed by atoms with Crippen LogP contribution >= 0.6 is 23.4 Å². The average molecular weight is 328 g/mol. The Kier molecular flexibility index (Phi) is 5.60. The molecule has 2 N–H and O–H groups in total. The molecule has 1 unspecified atom stereocenters. The van der Waals surface area contributed by atoms with Crippen molar-refractivity contribution < 1.29 is 14.1 Å². The highest BCUT2D eigenvalue weighted by atomic mass is 35.5. The largest absolute Gasteiger partial charge is 0.468 e. The first kappa shape index (κ1) is 15.8. The van der Waals surface area contributed by atoms with Crippen molar-refractivity contribution in [1.29, 1.82) is 0 Å². The zero-order chi connectivity index (χ0) is 15.2. The van der Waals surface area contributed by atoms with Crippen molar-refractivity contribution in [3.63, 3.8) is 0 Å². The number of hydrogen-bond acceptors (Lipinski definition) is 7. The van der Waals surface area contributed by atoms with Gasteiger partial charge in [0, 0.05) is 16.3 Å². The minimum atomic E-state index is -0.650. The number of ether oxygens (including phenoxy) is 1. The van der Waals surface area contributed by atoms with E-state index in [-0.39, 0.29) is 0 Å². The lowest BCUT2D eigenvalue weighted by atomic mass is 10.2. The van der Waals surface area contributed by atoms with Crippen LogP contribution in [0.25, 0.3) is 11.5 Å². The van der Waals surface area contributed by atoms with Gasteiger partial charge < -0.3 is 15.0 Å². The molecule has 1 atom stereocenters. The molecule has 112 valence electrons. The van der Waals surface area contributed by atoms with Crippen molar-refractivity contribution in [3.05, 3.63) is 35.1 Å². The second kappa shape index (κ2) is 7.44. The van der Waals surface area contributed by atoms with Crippen LogP contribution in [-0.2, 0) is 15.3 Å². The van der Waals surface area contributed by atoms with Crippen LogP contribution in [-0.4, -0.2) is 35.0 Å². The normalized spacial score (nSPS) is 12.1. The zero-order valence-corrected chi connectivity index (χ0v) is 12.9. The molecule has 0 amide bonds. The van der Waals surface area contributed by atoms with E-state index in [4.69, 9.17) is 21.9 Å². The summed E-state index contributed by atoms with van der Waals surface area (Å²) in [5.74, 6) is 1.47. The fourth-order valence-electron chi connectivity index (χ4n) is 1.52. The number of nitrogens with zero attached hydrogens (tertiary/aromatic N) is 2. The Morgan fingerprint density at radius 1 is 1.48 bits per heavy atom. The molecule has 1 aromatic carbocycles. The summed E-state index contributed by atoms with van der Waals surface area (Å²) in [5.41, 5.74) is 6.43. The number of carbonyl (C=O) groups is 1. The van der Waals surface area contributed by atoms with Gasteiger partial charge in [-0.3, -0.25) is 4.79 Å². The molecular weight excluding hydrogens is 314 g/mol. The summed E-state index contributed by atoms with van der Waals surface area (Å²) in [4.78, 5) is 15.4. The number of nitrogens with two attached hydrogens (primary N) is 1. The van der Waals surface area contributed by atoms with E-state index >= 15 is 0 Å². The summed E-state index contributed by atoms with van der Waals surface area (Å²) in [6, 6.07) is 6.47. The summed E-state index contributed by atoms with van der Waals surface area (Å²) < 4.78 is 9.72. The quantitative estimate of drug-likeness (QED) is 0.812. The van der Waals surface area contributed by atoms with Gasteiger partial charge in [-0.2, -0.15) is 16.7 Å². The Morgan fingerprint density at radius 2 is 2.19 bits per heavy atom. The van der Waals surface area contributed by atoms with Crippen LogP contribution in [0.1, 0.15) is 5.82 Å². The molecule has 0 aliphatic rings. The van der Waals surface area contributed by atoms with Gasteiger partial charge in [-0.05, 0) is 24.3 Å². The maximum absolute atomic E-state index is 11.1. The molecule has 8 heteroatoms. The SMILES string of the molecule is COC(=O)C(N)CSCc1noc(-c2ccc(Cl)cc2)n1. The van der Waals surface area contributed by atoms with E-state index in [0.717, 1.165) is 5.56 Å². The van der Waals surface area contributed by atoms with E-state index in [0.29, 0.717) is 28.2 Å². The van der Waals surface area contributed by atoms with E-state index in [1.54, 1.807) is 24.3 Å². The van der Waals surface area contributed by atoms with Crippen LogP contribution in [0.15, 0.2) is 28.8 Å². The molecule has 0 aliphatic heterocycles. The van der Waals surface area contributed by atoms with E-state index in [1.165, 1.54) is 18.9 Å². The lowest BCUT2D eigenvalue weighted by molar-refractivity contribution is -0.141. The molecule has 2 rings (SSSR count). The topological polar surface area (TPSA) is 91.2 Å². The predicted octanol–water partition coefficient (Wildman–Crippen LogP) is 2.12. The van der Waals surface area contributed by atoms with Crippen LogP contribution in [0.3, 0.4) is 0 Å². The third-order valence-electron chi connectivity index (χ3n) is 2.59. The Bertz CT molecular complexity index is 603. The highest BCUT2D eigenvalue weighted by Gasteiger charge is 2.14. The first-order valence-electron chi connectivity index (χ1n) is 6.10. The Hall–Kier alpha value is -1.57. The van der Waals surface area contributed by atoms with Gasteiger partial charge in [-0.25, -0.2) is 0 Å².